The van der Waals surface area contributed by atoms with Gasteiger partial charge in [-0.2, -0.15) is 0 Å². The molecule has 2 atom stereocenters. The molecule has 0 saturated carbocycles. The number of ketones is 1. The van der Waals surface area contributed by atoms with Gasteiger partial charge in [0.05, 0.1) is 12.1 Å². The second-order valence-electron chi connectivity index (χ2n) is 6.88. The third-order valence-corrected chi connectivity index (χ3v) is 3.36. The van der Waals surface area contributed by atoms with E-state index >= 15 is 0 Å². The van der Waals surface area contributed by atoms with Gasteiger partial charge in [-0.15, -0.1) is 0 Å². The number of nitrogens with one attached hydrogen (secondary N) is 2. The summed E-state index contributed by atoms with van der Waals surface area (Å²) in [7, 11) is 0. The highest BCUT2D eigenvalue weighted by Crippen LogP contribution is 2.19. The number of rotatable bonds is 8. The predicted octanol–water partition coefficient (Wildman–Crippen LogP) is 0.518. The van der Waals surface area contributed by atoms with Crippen LogP contribution in [0, 0.1) is 11.3 Å². The van der Waals surface area contributed by atoms with E-state index in [9.17, 15) is 14.4 Å². The average molecular weight is 314 g/mol. The average Bonchev–Trinajstić information content (AvgIpc) is 2.38. The lowest BCUT2D eigenvalue weighted by Gasteiger charge is -2.27. The summed E-state index contributed by atoms with van der Waals surface area (Å²) in [6.45, 7) is 9.47. The largest absolute Gasteiger partial charge is 0.352 e. The van der Waals surface area contributed by atoms with Crippen molar-refractivity contribution in [2.75, 3.05) is 6.54 Å². The van der Waals surface area contributed by atoms with Crippen molar-refractivity contribution in [2.24, 2.45) is 22.8 Å². The van der Waals surface area contributed by atoms with Gasteiger partial charge in [-0.1, -0.05) is 34.6 Å². The monoisotopic (exact) mass is 314 g/mol. The molecule has 0 heterocycles. The molecule has 0 aromatic carbocycles. The van der Waals surface area contributed by atoms with Gasteiger partial charge < -0.3 is 22.1 Å². The summed E-state index contributed by atoms with van der Waals surface area (Å²) in [5, 5.41) is 5.20. The smallest absolute Gasteiger partial charge is 0.312 e. The first-order valence-electron chi connectivity index (χ1n) is 7.60. The number of carbonyl (C=O) groups excluding carboxylic acids is 3. The molecule has 0 bridgehead atoms. The lowest BCUT2D eigenvalue weighted by molar-refractivity contribution is -0.133. The highest BCUT2D eigenvalue weighted by Gasteiger charge is 2.31. The lowest BCUT2D eigenvalue weighted by atomic mass is 9.84. The van der Waals surface area contributed by atoms with Gasteiger partial charge in [0.25, 0.3) is 0 Å². The van der Waals surface area contributed by atoms with Gasteiger partial charge >= 0.3 is 6.03 Å². The first-order valence-corrected chi connectivity index (χ1v) is 7.60. The molecule has 3 amide bonds. The van der Waals surface area contributed by atoms with Crippen LogP contribution in [0.2, 0.25) is 0 Å². The predicted molar refractivity (Wildman–Crippen MR) is 86.0 cm³/mol. The van der Waals surface area contributed by atoms with E-state index in [2.05, 4.69) is 10.6 Å². The molecule has 7 nitrogen and oxygen atoms in total. The van der Waals surface area contributed by atoms with Crippen LogP contribution >= 0.6 is 0 Å². The molecule has 0 aliphatic carbocycles. The highest BCUT2D eigenvalue weighted by atomic mass is 16.2. The summed E-state index contributed by atoms with van der Waals surface area (Å²) in [5.41, 5.74) is 10.2. The van der Waals surface area contributed by atoms with Crippen LogP contribution in [0.5, 0.6) is 0 Å². The fourth-order valence-corrected chi connectivity index (χ4v) is 1.88. The molecular formula is C15H30N4O3. The summed E-state index contributed by atoms with van der Waals surface area (Å²) >= 11 is 0. The standard InChI is InChI=1S/C15H30N4O3/c1-9(2)11(16)13(21)19-10(12(20)15(3,4)5)7-6-8-18-14(17)22/h9-11H,6-8,16H2,1-5H3,(H,19,21)(H3,17,18,22)/t10-,11-/m0/s1. The summed E-state index contributed by atoms with van der Waals surface area (Å²) in [5.74, 6) is -0.404. The Morgan fingerprint density at radius 3 is 2.09 bits per heavy atom. The van der Waals surface area contributed by atoms with Crippen molar-refractivity contribution in [3.63, 3.8) is 0 Å². The van der Waals surface area contributed by atoms with E-state index in [-0.39, 0.29) is 17.6 Å². The topological polar surface area (TPSA) is 127 Å². The van der Waals surface area contributed by atoms with Gasteiger partial charge in [0.15, 0.2) is 5.78 Å². The van der Waals surface area contributed by atoms with Crippen molar-refractivity contribution < 1.29 is 14.4 Å². The zero-order chi connectivity index (χ0) is 17.5. The first-order chi connectivity index (χ1) is 9.96. The summed E-state index contributed by atoms with van der Waals surface area (Å²) in [6.07, 6.45) is 0.958. The van der Waals surface area contributed by atoms with Crippen molar-refractivity contribution in [1.82, 2.24) is 10.6 Å². The number of primary amides is 1. The molecule has 7 heteroatoms. The zero-order valence-electron chi connectivity index (χ0n) is 14.2. The van der Waals surface area contributed by atoms with Crippen LogP contribution in [0.3, 0.4) is 0 Å². The van der Waals surface area contributed by atoms with E-state index < -0.39 is 23.5 Å². The van der Waals surface area contributed by atoms with Crippen LogP contribution in [0.1, 0.15) is 47.5 Å². The fourth-order valence-electron chi connectivity index (χ4n) is 1.88. The van der Waals surface area contributed by atoms with E-state index in [1.165, 1.54) is 0 Å². The van der Waals surface area contributed by atoms with Crippen LogP contribution in [0.4, 0.5) is 4.79 Å². The van der Waals surface area contributed by atoms with Gasteiger partial charge in [0.1, 0.15) is 0 Å². The van der Waals surface area contributed by atoms with E-state index in [4.69, 9.17) is 11.5 Å². The van der Waals surface area contributed by atoms with Crippen LogP contribution in [-0.4, -0.2) is 36.3 Å². The minimum Gasteiger partial charge on any atom is -0.352 e. The summed E-state index contributed by atoms with van der Waals surface area (Å²) < 4.78 is 0. The molecule has 0 radical (unpaired) electrons. The maximum Gasteiger partial charge on any atom is 0.312 e. The van der Waals surface area contributed by atoms with Crippen LogP contribution < -0.4 is 22.1 Å². The SMILES string of the molecule is CC(C)[C@H](N)C(=O)N[C@@H](CCCNC(N)=O)C(=O)C(C)(C)C. The van der Waals surface area contributed by atoms with E-state index in [1.54, 1.807) is 20.8 Å². The minimum atomic E-state index is -0.654. The van der Waals surface area contributed by atoms with E-state index in [0.29, 0.717) is 19.4 Å². The van der Waals surface area contributed by atoms with Crippen molar-refractivity contribution in [2.45, 2.75) is 59.5 Å². The zero-order valence-corrected chi connectivity index (χ0v) is 14.2. The Balaban J connectivity index is 4.76. The molecule has 0 aromatic heterocycles. The Morgan fingerprint density at radius 2 is 1.68 bits per heavy atom. The maximum atomic E-state index is 12.5. The Bertz CT molecular complexity index is 402. The molecule has 0 aliphatic rings. The van der Waals surface area contributed by atoms with Crippen molar-refractivity contribution in [1.29, 1.82) is 0 Å². The minimum absolute atomic E-state index is 0.0121. The molecule has 0 aromatic rings. The summed E-state index contributed by atoms with van der Waals surface area (Å²) in [4.78, 5) is 35.2. The Morgan fingerprint density at radius 1 is 1.14 bits per heavy atom. The summed E-state index contributed by atoms with van der Waals surface area (Å²) in [6, 6.07) is -1.88. The highest BCUT2D eigenvalue weighted by molar-refractivity contribution is 5.93. The third-order valence-electron chi connectivity index (χ3n) is 3.36. The number of urea groups is 1. The Kier molecular flexibility index (Phi) is 8.08. The Hall–Kier alpha value is -1.63. The van der Waals surface area contributed by atoms with Gasteiger partial charge in [-0.3, -0.25) is 9.59 Å². The second kappa shape index (κ2) is 8.73. The molecule has 0 fully saturated rings. The fraction of sp³-hybridized carbons (Fsp3) is 0.800. The first kappa shape index (κ1) is 20.4. The van der Waals surface area contributed by atoms with Gasteiger partial charge in [-0.25, -0.2) is 4.79 Å². The molecule has 0 aliphatic heterocycles. The van der Waals surface area contributed by atoms with Crippen molar-refractivity contribution in [3.05, 3.63) is 0 Å². The normalized spacial score (nSPS) is 14.3. The third kappa shape index (κ3) is 7.40. The molecule has 128 valence electrons. The van der Waals surface area contributed by atoms with Crippen molar-refractivity contribution >= 4 is 17.7 Å². The molecule has 6 N–H and O–H groups in total. The van der Waals surface area contributed by atoms with Gasteiger partial charge in [-0.05, 0) is 18.8 Å². The molecule has 0 spiro atoms. The molecule has 0 rings (SSSR count). The second-order valence-corrected chi connectivity index (χ2v) is 6.88. The number of nitrogens with two attached hydrogens (primary N) is 2. The number of carbonyl (C=O) groups is 3. The van der Waals surface area contributed by atoms with Crippen LogP contribution in [-0.2, 0) is 9.59 Å². The lowest BCUT2D eigenvalue weighted by Crippen LogP contribution is -2.52. The maximum absolute atomic E-state index is 12.5. The number of Topliss-reactive ketones (excluding diaryl/α,β-unsaturated/α-hetero) is 1. The number of hydrogen-bond donors (Lipinski definition) is 4. The number of amides is 3. The number of hydrogen-bond acceptors (Lipinski definition) is 4. The van der Waals surface area contributed by atoms with Gasteiger partial charge in [0, 0.05) is 12.0 Å². The van der Waals surface area contributed by atoms with Crippen LogP contribution in [0.15, 0.2) is 0 Å². The quantitative estimate of drug-likeness (QED) is 0.487. The molecular weight excluding hydrogens is 284 g/mol. The van der Waals surface area contributed by atoms with E-state index in [1.807, 2.05) is 13.8 Å². The molecule has 22 heavy (non-hydrogen) atoms. The molecule has 0 saturated heterocycles. The van der Waals surface area contributed by atoms with Crippen LogP contribution in [0.25, 0.3) is 0 Å². The van der Waals surface area contributed by atoms with Gasteiger partial charge in [0.2, 0.25) is 5.91 Å². The van der Waals surface area contributed by atoms with E-state index in [0.717, 1.165) is 0 Å². The molecule has 0 unspecified atom stereocenters. The van der Waals surface area contributed by atoms with Crippen molar-refractivity contribution in [3.8, 4) is 0 Å². The Labute approximate surface area is 132 Å².